The van der Waals surface area contributed by atoms with Gasteiger partial charge in [0.15, 0.2) is 11.5 Å². The average Bonchev–Trinajstić information content (AvgIpc) is 2.63. The third kappa shape index (κ3) is 2.25. The summed E-state index contributed by atoms with van der Waals surface area (Å²) >= 11 is 0. The summed E-state index contributed by atoms with van der Waals surface area (Å²) in [5.74, 6) is -0.851. The summed E-state index contributed by atoms with van der Waals surface area (Å²) < 4.78 is 14.3. The van der Waals surface area contributed by atoms with E-state index in [1.165, 1.54) is 23.0 Å². The minimum absolute atomic E-state index is 0.0969. The second kappa shape index (κ2) is 4.25. The van der Waals surface area contributed by atoms with Crippen molar-refractivity contribution in [2.45, 2.75) is 6.54 Å². The van der Waals surface area contributed by atoms with E-state index in [4.69, 9.17) is 11.5 Å². The molecule has 0 aliphatic carbocycles. The van der Waals surface area contributed by atoms with Gasteiger partial charge in [0, 0.05) is 6.54 Å². The third-order valence-electron chi connectivity index (χ3n) is 2.37. The molecule has 1 aromatic heterocycles. The fourth-order valence-corrected chi connectivity index (χ4v) is 1.57. The van der Waals surface area contributed by atoms with Gasteiger partial charge < -0.3 is 16.0 Å². The Morgan fingerprint density at radius 3 is 2.59 bits per heavy atom. The van der Waals surface area contributed by atoms with Crippen LogP contribution >= 0.6 is 0 Å². The lowest BCUT2D eigenvalue weighted by atomic mass is 10.2. The van der Waals surface area contributed by atoms with Crippen molar-refractivity contribution < 1.29 is 9.18 Å². The van der Waals surface area contributed by atoms with Crippen LogP contribution in [0.1, 0.15) is 16.1 Å². The number of benzene rings is 1. The summed E-state index contributed by atoms with van der Waals surface area (Å²) in [4.78, 5) is 15.0. The number of aromatic nitrogens is 2. The van der Waals surface area contributed by atoms with E-state index in [1.807, 2.05) is 0 Å². The van der Waals surface area contributed by atoms with Crippen LogP contribution in [0, 0.1) is 5.82 Å². The molecule has 0 saturated heterocycles. The van der Waals surface area contributed by atoms with Gasteiger partial charge in [-0.15, -0.1) is 0 Å². The summed E-state index contributed by atoms with van der Waals surface area (Å²) in [6.45, 7) is 0.364. The highest BCUT2D eigenvalue weighted by Gasteiger charge is 2.13. The Kier molecular flexibility index (Phi) is 2.78. The number of hydrogen-bond acceptors (Lipinski definition) is 3. The fraction of sp³-hybridized carbons (Fsp3) is 0.0909. The van der Waals surface area contributed by atoms with Gasteiger partial charge in [-0.25, -0.2) is 9.37 Å². The van der Waals surface area contributed by atoms with Crippen LogP contribution in [0.15, 0.2) is 30.6 Å². The first kappa shape index (κ1) is 11.1. The first-order valence-electron chi connectivity index (χ1n) is 4.93. The largest absolute Gasteiger partial charge is 0.382 e. The van der Waals surface area contributed by atoms with Gasteiger partial charge in [-0.2, -0.15) is 0 Å². The SMILES string of the molecule is NC(=O)c1c(N)ncn1Cc1ccc(F)cc1. The molecule has 0 aliphatic rings. The van der Waals surface area contributed by atoms with Crippen molar-refractivity contribution in [1.29, 1.82) is 0 Å². The number of halogens is 1. The average molecular weight is 234 g/mol. The van der Waals surface area contributed by atoms with Crippen molar-refractivity contribution in [2.24, 2.45) is 5.73 Å². The van der Waals surface area contributed by atoms with Gasteiger partial charge in [0.1, 0.15) is 5.82 Å². The van der Waals surface area contributed by atoms with Crippen molar-refractivity contribution in [3.63, 3.8) is 0 Å². The lowest BCUT2D eigenvalue weighted by Gasteiger charge is -2.06. The molecule has 0 fully saturated rings. The number of nitrogen functional groups attached to an aromatic ring is 1. The molecule has 6 heteroatoms. The third-order valence-corrected chi connectivity index (χ3v) is 2.37. The molecular formula is C11H11FN4O. The number of hydrogen-bond donors (Lipinski definition) is 2. The second-order valence-corrected chi connectivity index (χ2v) is 3.60. The van der Waals surface area contributed by atoms with E-state index >= 15 is 0 Å². The maximum atomic E-state index is 12.7. The topological polar surface area (TPSA) is 86.9 Å². The zero-order chi connectivity index (χ0) is 12.4. The number of nitrogens with two attached hydrogens (primary N) is 2. The standard InChI is InChI=1S/C11H11FN4O/c12-8-3-1-7(2-4-8)5-16-6-15-10(13)9(16)11(14)17/h1-4,6H,5,13H2,(H2,14,17). The van der Waals surface area contributed by atoms with Crippen LogP contribution < -0.4 is 11.5 Å². The van der Waals surface area contributed by atoms with Gasteiger partial charge in [-0.1, -0.05) is 12.1 Å². The fourth-order valence-electron chi connectivity index (χ4n) is 1.57. The summed E-state index contributed by atoms with van der Waals surface area (Å²) in [5, 5.41) is 0. The van der Waals surface area contributed by atoms with Crippen LogP contribution in [-0.4, -0.2) is 15.5 Å². The summed E-state index contributed by atoms with van der Waals surface area (Å²) in [6.07, 6.45) is 1.43. The number of rotatable bonds is 3. The first-order chi connectivity index (χ1) is 8.08. The van der Waals surface area contributed by atoms with Crippen LogP contribution in [0.5, 0.6) is 0 Å². The number of carbonyl (C=O) groups is 1. The van der Waals surface area contributed by atoms with Gasteiger partial charge in [0.25, 0.3) is 5.91 Å². The number of amides is 1. The van der Waals surface area contributed by atoms with Crippen molar-refractivity contribution in [1.82, 2.24) is 9.55 Å². The zero-order valence-corrected chi connectivity index (χ0v) is 8.93. The number of carbonyl (C=O) groups excluding carboxylic acids is 1. The maximum absolute atomic E-state index is 12.7. The van der Waals surface area contributed by atoms with E-state index in [-0.39, 0.29) is 17.3 Å². The Hall–Kier alpha value is -2.37. The molecule has 1 aromatic carbocycles. The van der Waals surface area contributed by atoms with Crippen molar-refractivity contribution >= 4 is 11.7 Å². The predicted octanol–water partition coefficient (Wildman–Crippen LogP) is 0.752. The number of anilines is 1. The molecule has 2 rings (SSSR count). The van der Waals surface area contributed by atoms with Crippen LogP contribution in [0.4, 0.5) is 10.2 Å². The molecule has 0 spiro atoms. The molecule has 88 valence electrons. The lowest BCUT2D eigenvalue weighted by molar-refractivity contribution is 0.0993. The van der Waals surface area contributed by atoms with Crippen molar-refractivity contribution in [3.8, 4) is 0 Å². The van der Waals surface area contributed by atoms with Gasteiger partial charge in [0.05, 0.1) is 6.33 Å². The summed E-state index contributed by atoms with van der Waals surface area (Å²) in [7, 11) is 0. The highest BCUT2D eigenvalue weighted by Crippen LogP contribution is 2.12. The van der Waals surface area contributed by atoms with Crippen LogP contribution in [0.2, 0.25) is 0 Å². The Bertz CT molecular complexity index is 547. The van der Waals surface area contributed by atoms with Crippen LogP contribution in [0.3, 0.4) is 0 Å². The molecule has 1 heterocycles. The highest BCUT2D eigenvalue weighted by atomic mass is 19.1. The number of primary amides is 1. The van der Waals surface area contributed by atoms with Crippen molar-refractivity contribution in [3.05, 3.63) is 47.7 Å². The highest BCUT2D eigenvalue weighted by molar-refractivity contribution is 5.95. The molecule has 0 unspecified atom stereocenters. The van der Waals surface area contributed by atoms with Crippen LogP contribution in [0.25, 0.3) is 0 Å². The summed E-state index contributed by atoms with van der Waals surface area (Å²) in [6, 6.07) is 5.94. The van der Waals surface area contributed by atoms with Crippen LogP contribution in [-0.2, 0) is 6.54 Å². The smallest absolute Gasteiger partial charge is 0.269 e. The van der Waals surface area contributed by atoms with E-state index in [0.717, 1.165) is 5.56 Å². The van der Waals surface area contributed by atoms with Crippen molar-refractivity contribution in [2.75, 3.05) is 5.73 Å². The van der Waals surface area contributed by atoms with Gasteiger partial charge in [-0.3, -0.25) is 4.79 Å². The van der Waals surface area contributed by atoms with Gasteiger partial charge >= 0.3 is 0 Å². The molecule has 0 saturated carbocycles. The maximum Gasteiger partial charge on any atom is 0.269 e. The molecule has 5 nitrogen and oxygen atoms in total. The van der Waals surface area contributed by atoms with E-state index < -0.39 is 5.91 Å². The lowest BCUT2D eigenvalue weighted by Crippen LogP contribution is -2.18. The molecule has 4 N–H and O–H groups in total. The van der Waals surface area contributed by atoms with E-state index in [2.05, 4.69) is 4.98 Å². The minimum Gasteiger partial charge on any atom is -0.382 e. The Morgan fingerprint density at radius 1 is 1.35 bits per heavy atom. The Balaban J connectivity index is 2.30. The number of nitrogens with zero attached hydrogens (tertiary/aromatic N) is 2. The first-order valence-corrected chi connectivity index (χ1v) is 4.93. The normalized spacial score (nSPS) is 10.4. The summed E-state index contributed by atoms with van der Waals surface area (Å²) in [5.41, 5.74) is 11.7. The molecule has 17 heavy (non-hydrogen) atoms. The predicted molar refractivity (Wildman–Crippen MR) is 60.7 cm³/mol. The minimum atomic E-state index is -0.637. The van der Waals surface area contributed by atoms with E-state index in [1.54, 1.807) is 12.1 Å². The van der Waals surface area contributed by atoms with Gasteiger partial charge in [-0.05, 0) is 17.7 Å². The molecular weight excluding hydrogens is 223 g/mol. The van der Waals surface area contributed by atoms with E-state index in [0.29, 0.717) is 6.54 Å². The Morgan fingerprint density at radius 2 is 2.00 bits per heavy atom. The molecule has 1 amide bonds. The molecule has 0 aliphatic heterocycles. The number of imidazole rings is 1. The van der Waals surface area contributed by atoms with E-state index in [9.17, 15) is 9.18 Å². The quantitative estimate of drug-likeness (QED) is 0.821. The van der Waals surface area contributed by atoms with Gasteiger partial charge in [0.2, 0.25) is 0 Å². The molecule has 2 aromatic rings. The monoisotopic (exact) mass is 234 g/mol. The Labute approximate surface area is 96.9 Å². The zero-order valence-electron chi connectivity index (χ0n) is 8.93. The molecule has 0 radical (unpaired) electrons. The molecule has 0 bridgehead atoms. The second-order valence-electron chi connectivity index (χ2n) is 3.60. The molecule has 0 atom stereocenters.